The summed E-state index contributed by atoms with van der Waals surface area (Å²) in [6, 6.07) is 9.15. The monoisotopic (exact) mass is 326 g/mol. The van der Waals surface area contributed by atoms with E-state index in [1.165, 1.54) is 4.68 Å². The summed E-state index contributed by atoms with van der Waals surface area (Å²) >= 11 is 0. The number of hydrogen-bond acceptors (Lipinski definition) is 5. The first-order valence-electron chi connectivity index (χ1n) is 7.46. The summed E-state index contributed by atoms with van der Waals surface area (Å²) in [5, 5.41) is 1.56. The Morgan fingerprint density at radius 3 is 2.17 bits per heavy atom. The molecule has 0 radical (unpaired) electrons. The average molecular weight is 326 g/mol. The Morgan fingerprint density at radius 2 is 1.58 bits per heavy atom. The van der Waals surface area contributed by atoms with Crippen molar-refractivity contribution in [3.8, 4) is 16.8 Å². The number of hydrazine groups is 1. The van der Waals surface area contributed by atoms with Crippen molar-refractivity contribution >= 4 is 5.69 Å². The molecule has 7 nitrogen and oxygen atoms in total. The number of para-hydroxylation sites is 1. The van der Waals surface area contributed by atoms with Gasteiger partial charge in [0.05, 0.1) is 16.8 Å². The molecule has 0 bridgehead atoms. The Balaban J connectivity index is 2.26. The first-order chi connectivity index (χ1) is 11.3. The van der Waals surface area contributed by atoms with Crippen molar-refractivity contribution in [3.05, 3.63) is 66.8 Å². The number of nitrogens with one attached hydrogen (secondary N) is 1. The zero-order valence-corrected chi connectivity index (χ0v) is 14.0. The van der Waals surface area contributed by atoms with Crippen molar-refractivity contribution in [2.24, 2.45) is 7.05 Å². The molecule has 0 aliphatic rings. The van der Waals surface area contributed by atoms with E-state index in [1.807, 2.05) is 30.3 Å². The van der Waals surface area contributed by atoms with Gasteiger partial charge < -0.3 is 5.43 Å². The Labute approximate surface area is 138 Å². The van der Waals surface area contributed by atoms with Crippen LogP contribution in [0.3, 0.4) is 0 Å². The normalized spacial score (nSPS) is 11.4. The van der Waals surface area contributed by atoms with Crippen molar-refractivity contribution in [1.29, 1.82) is 0 Å². The van der Waals surface area contributed by atoms with Gasteiger partial charge in [0.2, 0.25) is 5.43 Å². The minimum Gasteiger partial charge on any atom is -0.315 e. The molecule has 7 heteroatoms. The maximum atomic E-state index is 12.9. The van der Waals surface area contributed by atoms with Crippen molar-refractivity contribution < 1.29 is 0 Å². The van der Waals surface area contributed by atoms with Gasteiger partial charge in [0.15, 0.2) is 0 Å². The summed E-state index contributed by atoms with van der Waals surface area (Å²) in [5.41, 5.74) is 3.15. The fourth-order valence-electron chi connectivity index (χ4n) is 2.82. The summed E-state index contributed by atoms with van der Waals surface area (Å²) in [7, 11) is 5.17. The van der Waals surface area contributed by atoms with E-state index in [0.717, 1.165) is 0 Å². The van der Waals surface area contributed by atoms with Crippen LogP contribution in [0.15, 0.2) is 44.7 Å². The zero-order valence-electron chi connectivity index (χ0n) is 14.0. The predicted octanol–water partition coefficient (Wildman–Crippen LogP) is 0.636. The van der Waals surface area contributed by atoms with Crippen LogP contribution in [0.2, 0.25) is 0 Å². The first kappa shape index (κ1) is 15.9. The summed E-state index contributed by atoms with van der Waals surface area (Å²) in [6.07, 6.45) is 0. The average Bonchev–Trinajstić information content (AvgIpc) is 2.78. The number of hydrogen-bond donors (Lipinski definition) is 1. The van der Waals surface area contributed by atoms with Crippen molar-refractivity contribution in [2.75, 3.05) is 19.5 Å². The minimum absolute atomic E-state index is 0.154. The van der Waals surface area contributed by atoms with Gasteiger partial charge in [0, 0.05) is 26.8 Å². The fourth-order valence-corrected chi connectivity index (χ4v) is 2.82. The molecule has 0 fully saturated rings. The predicted molar refractivity (Wildman–Crippen MR) is 93.4 cm³/mol. The van der Waals surface area contributed by atoms with Gasteiger partial charge in [-0.05, 0) is 19.1 Å². The van der Waals surface area contributed by atoms with Gasteiger partial charge in [0.25, 0.3) is 11.0 Å². The lowest BCUT2D eigenvalue weighted by molar-refractivity contribution is 0.494. The molecule has 24 heavy (non-hydrogen) atoms. The second-order valence-electron chi connectivity index (χ2n) is 5.85. The molecule has 3 rings (SSSR count). The minimum atomic E-state index is -0.634. The molecule has 1 heterocycles. The second kappa shape index (κ2) is 5.61. The standard InChI is InChI=1S/C17H18N4O3/c1-10-12(13-14(18-19(2)3)16(23)15(13)22)17(24)21(20(10)4)11-8-6-5-7-9-11/h5-9,18H,1-4H3. The summed E-state index contributed by atoms with van der Waals surface area (Å²) in [4.78, 5) is 36.9. The van der Waals surface area contributed by atoms with E-state index in [-0.39, 0.29) is 22.4 Å². The smallest absolute Gasteiger partial charge is 0.279 e. The molecule has 0 aliphatic carbocycles. The van der Waals surface area contributed by atoms with Gasteiger partial charge in [-0.15, -0.1) is 0 Å². The quantitative estimate of drug-likeness (QED) is 0.562. The Bertz CT molecular complexity index is 1030. The number of benzene rings is 1. The van der Waals surface area contributed by atoms with Crippen LogP contribution in [0.5, 0.6) is 0 Å². The van der Waals surface area contributed by atoms with E-state index in [4.69, 9.17) is 0 Å². The van der Waals surface area contributed by atoms with Crippen molar-refractivity contribution in [1.82, 2.24) is 14.4 Å². The first-order valence-corrected chi connectivity index (χ1v) is 7.46. The fraction of sp³-hybridized carbons (Fsp3) is 0.235. The maximum absolute atomic E-state index is 12.9. The van der Waals surface area contributed by atoms with Gasteiger partial charge in [-0.1, -0.05) is 18.2 Å². The largest absolute Gasteiger partial charge is 0.315 e. The summed E-state index contributed by atoms with van der Waals surface area (Å²) in [6.45, 7) is 1.76. The molecule has 1 aromatic heterocycles. The molecular formula is C17H18N4O3. The summed E-state index contributed by atoms with van der Waals surface area (Å²) in [5.74, 6) is 0. The van der Waals surface area contributed by atoms with Gasteiger partial charge in [-0.2, -0.15) is 0 Å². The van der Waals surface area contributed by atoms with Crippen LogP contribution in [0.4, 0.5) is 5.69 Å². The van der Waals surface area contributed by atoms with Crippen LogP contribution in [0.1, 0.15) is 5.69 Å². The van der Waals surface area contributed by atoms with E-state index in [0.29, 0.717) is 11.4 Å². The molecule has 0 saturated carbocycles. The molecule has 0 amide bonds. The van der Waals surface area contributed by atoms with E-state index < -0.39 is 10.9 Å². The lowest BCUT2D eigenvalue weighted by atomic mass is 9.99. The molecule has 0 atom stereocenters. The second-order valence-corrected chi connectivity index (χ2v) is 5.85. The molecule has 1 N–H and O–H groups in total. The molecule has 124 valence electrons. The Hall–Kier alpha value is -2.93. The highest BCUT2D eigenvalue weighted by Gasteiger charge is 2.29. The van der Waals surface area contributed by atoms with E-state index in [9.17, 15) is 14.4 Å². The topological polar surface area (TPSA) is 76.3 Å². The molecule has 2 aromatic carbocycles. The van der Waals surface area contributed by atoms with Gasteiger partial charge >= 0.3 is 0 Å². The molecule has 0 spiro atoms. The van der Waals surface area contributed by atoms with Crippen LogP contribution < -0.4 is 21.8 Å². The van der Waals surface area contributed by atoms with Crippen LogP contribution in [-0.2, 0) is 7.05 Å². The Morgan fingerprint density at radius 1 is 0.958 bits per heavy atom. The van der Waals surface area contributed by atoms with Gasteiger partial charge in [-0.3, -0.25) is 19.1 Å². The van der Waals surface area contributed by atoms with E-state index >= 15 is 0 Å². The van der Waals surface area contributed by atoms with Crippen LogP contribution in [0, 0.1) is 6.92 Å². The molecule has 0 saturated heterocycles. The molecule has 3 aromatic rings. The third-order valence-corrected chi connectivity index (χ3v) is 4.05. The number of nitrogens with zero attached hydrogens (tertiary/aromatic N) is 3. The SMILES string of the molecule is Cc1c(-c2c(NN(C)C)c(=O)c2=O)c(=O)n(-c2ccccc2)n1C. The third kappa shape index (κ3) is 2.21. The highest BCUT2D eigenvalue weighted by molar-refractivity contribution is 5.82. The van der Waals surface area contributed by atoms with Crippen LogP contribution in [0.25, 0.3) is 16.8 Å². The van der Waals surface area contributed by atoms with Crippen LogP contribution >= 0.6 is 0 Å². The highest BCUT2D eigenvalue weighted by Crippen LogP contribution is 2.25. The van der Waals surface area contributed by atoms with E-state index in [2.05, 4.69) is 5.43 Å². The third-order valence-electron chi connectivity index (χ3n) is 4.05. The summed E-state index contributed by atoms with van der Waals surface area (Å²) < 4.78 is 3.17. The highest BCUT2D eigenvalue weighted by atomic mass is 16.2. The van der Waals surface area contributed by atoms with Crippen molar-refractivity contribution in [2.45, 2.75) is 6.92 Å². The Kier molecular flexibility index (Phi) is 3.73. The van der Waals surface area contributed by atoms with Crippen molar-refractivity contribution in [3.63, 3.8) is 0 Å². The zero-order chi connectivity index (χ0) is 17.6. The van der Waals surface area contributed by atoms with E-state index in [1.54, 1.807) is 37.8 Å². The number of rotatable bonds is 4. The lowest BCUT2D eigenvalue weighted by Gasteiger charge is -2.17. The van der Waals surface area contributed by atoms with Gasteiger partial charge in [-0.25, -0.2) is 9.69 Å². The molecular weight excluding hydrogens is 308 g/mol. The van der Waals surface area contributed by atoms with Gasteiger partial charge in [0.1, 0.15) is 5.69 Å². The lowest BCUT2D eigenvalue weighted by Crippen LogP contribution is -2.40. The van der Waals surface area contributed by atoms with Crippen LogP contribution in [-0.4, -0.2) is 28.5 Å². The number of anilines is 1. The molecule has 0 unspecified atom stereocenters. The number of aromatic nitrogens is 2. The molecule has 0 aliphatic heterocycles. The maximum Gasteiger partial charge on any atom is 0.279 e.